The molecule has 4 aliphatic rings. The van der Waals surface area contributed by atoms with Gasteiger partial charge in [-0.3, -0.25) is 9.59 Å². The van der Waals surface area contributed by atoms with E-state index < -0.39 is 51.4 Å². The van der Waals surface area contributed by atoms with E-state index in [0.717, 1.165) is 264 Å². The van der Waals surface area contributed by atoms with E-state index in [-0.39, 0.29) is 50.1 Å². The number of carbonyl (C=O) groups excluding carboxylic acids is 2. The van der Waals surface area contributed by atoms with E-state index in [1.54, 1.807) is 47.0 Å². The molecule has 6 heterocycles. The molecule has 14 aromatic rings. The first-order chi connectivity index (χ1) is 57.1. The summed E-state index contributed by atoms with van der Waals surface area (Å²) < 4.78 is 85.0. The van der Waals surface area contributed by atoms with Gasteiger partial charge in [-0.1, -0.05) is 202 Å². The van der Waals surface area contributed by atoms with Crippen molar-refractivity contribution in [2.24, 2.45) is 0 Å². The molecule has 117 heavy (non-hydrogen) atoms. The number of ketones is 2. The average molecular weight is 1660 g/mol. The Bertz CT molecular complexity index is 6590. The fraction of sp³-hybridized carbons (Fsp3) is 0.276. The van der Waals surface area contributed by atoms with Crippen LogP contribution in [0.25, 0.3) is 101 Å². The summed E-state index contributed by atoms with van der Waals surface area (Å²) in [6, 6.07) is 49.0. The molecule has 0 aliphatic heterocycles. The molecular formula is C98H79F4N7O2S6. The van der Waals surface area contributed by atoms with Crippen molar-refractivity contribution in [2.45, 2.75) is 174 Å². The van der Waals surface area contributed by atoms with Crippen LogP contribution in [0.3, 0.4) is 0 Å². The van der Waals surface area contributed by atoms with Gasteiger partial charge in [0, 0.05) is 70.3 Å². The maximum atomic E-state index is 15.4. The van der Waals surface area contributed by atoms with Gasteiger partial charge in [-0.25, -0.2) is 27.7 Å². The third kappa shape index (κ3) is 12.6. The highest BCUT2D eigenvalue weighted by Gasteiger charge is 2.54. The fourth-order valence-electron chi connectivity index (χ4n) is 18.9. The number of benzene rings is 8. The predicted molar refractivity (Wildman–Crippen MR) is 473 cm³/mol. The van der Waals surface area contributed by atoms with E-state index in [9.17, 15) is 20.1 Å². The molecule has 0 spiro atoms. The Balaban J connectivity index is 0.957. The Hall–Kier alpha value is -10.5. The number of hydrogen-bond acceptors (Lipinski definition) is 14. The van der Waals surface area contributed by atoms with Crippen LogP contribution in [0.2, 0.25) is 0 Å². The molecule has 0 N–H and O–H groups in total. The molecule has 0 saturated carbocycles. The summed E-state index contributed by atoms with van der Waals surface area (Å²) in [4.78, 5) is 38.6. The summed E-state index contributed by atoms with van der Waals surface area (Å²) >= 11 is 8.71. The van der Waals surface area contributed by atoms with Crippen LogP contribution in [0.5, 0.6) is 0 Å². The number of unbranched alkanes of at least 4 members (excludes halogenated alkanes) is 12. The lowest BCUT2D eigenvalue weighted by Gasteiger charge is -2.34. The Morgan fingerprint density at radius 2 is 0.752 bits per heavy atom. The van der Waals surface area contributed by atoms with Gasteiger partial charge in [0.15, 0.2) is 34.8 Å². The van der Waals surface area contributed by atoms with E-state index in [1.165, 1.54) is 57.0 Å². The molecule has 6 aromatic heterocycles. The largest absolute Gasteiger partial charge is 0.289 e. The fourth-order valence-corrected chi connectivity index (χ4v) is 25.5. The Morgan fingerprint density at radius 3 is 1.09 bits per heavy atom. The number of thiophene rings is 4. The summed E-state index contributed by atoms with van der Waals surface area (Å²) in [5, 5.41) is 24.8. The molecule has 19 heteroatoms. The maximum absolute atomic E-state index is 15.4. The maximum Gasteiger partial charge on any atom is 0.270 e. The third-order valence-electron chi connectivity index (χ3n) is 24.5. The van der Waals surface area contributed by atoms with Crippen molar-refractivity contribution in [2.75, 3.05) is 0 Å². The van der Waals surface area contributed by atoms with Gasteiger partial charge in [-0.15, -0.1) is 45.3 Å². The van der Waals surface area contributed by atoms with Crippen LogP contribution in [0, 0.1) is 52.5 Å². The monoisotopic (exact) mass is 1650 g/mol. The minimum Gasteiger partial charge on any atom is -0.289 e. The predicted octanol–water partition coefficient (Wildman–Crippen LogP) is 28.2. The first-order valence-corrected chi connectivity index (χ1v) is 45.4. The summed E-state index contributed by atoms with van der Waals surface area (Å²) in [6.07, 6.45) is 24.8. The zero-order chi connectivity index (χ0) is 80.7. The van der Waals surface area contributed by atoms with Crippen LogP contribution in [-0.2, 0) is 36.5 Å². The number of nitrogens with zero attached hydrogens (tertiary/aromatic N) is 7. The number of fused-ring (bicyclic) bond motifs is 21. The molecule has 0 bridgehead atoms. The highest BCUT2D eigenvalue weighted by atomic mass is 32.1. The van der Waals surface area contributed by atoms with Crippen LogP contribution in [0.1, 0.15) is 246 Å². The van der Waals surface area contributed by atoms with Crippen LogP contribution in [0.15, 0.2) is 156 Å². The molecule has 582 valence electrons. The minimum atomic E-state index is -1.21. The standard InChI is InChI=1S/C98H79F4N7O2S6/c1-7-11-15-19-23-54-27-35-58(36-28-54)97(59-37-29-55(30-38-59)24-20-16-12-8-2)70-45-62(43-68-77(53(5)51-103)64-47-72(99)74(101)49-66(64)89(68)110)112-91(70)95-83(97)81-79-80(86-87(93(81)114-95)108-116-107-86)82-84-96(115-94(82)88-85(79)106-117-109-88)92-71(46-63(113-92)44-69-78(76(52-104)105-6)65-48-73(100)75(102)50-67(65)90(69)111)98(84,60-39-31-56(32-40-60)25-21-17-13-9-3)61-41-33-57(34-42-61)26-22-18-14-10-4/h27-50H,7-26H2,1-5H3/b68-43-,69-44-,77-53-,78-76?. The van der Waals surface area contributed by atoms with E-state index in [4.69, 9.17) is 24.1 Å². The lowest BCUT2D eigenvalue weighted by Crippen LogP contribution is -2.28. The van der Waals surface area contributed by atoms with Gasteiger partial charge in [0.05, 0.1) is 81.9 Å². The van der Waals surface area contributed by atoms with Gasteiger partial charge in [0.25, 0.3) is 5.70 Å². The van der Waals surface area contributed by atoms with E-state index in [0.29, 0.717) is 15.9 Å². The minimum absolute atomic E-state index is 0.00305. The lowest BCUT2D eigenvalue weighted by molar-refractivity contribution is 0.103. The number of hydrogen-bond donors (Lipinski definition) is 0. The summed E-state index contributed by atoms with van der Waals surface area (Å²) in [7, 11) is 0. The van der Waals surface area contributed by atoms with E-state index in [1.807, 2.05) is 12.1 Å². The Kier molecular flexibility index (Phi) is 21.1. The molecule has 0 saturated heterocycles. The molecule has 0 radical (unpaired) electrons. The molecule has 9 nitrogen and oxygen atoms in total. The smallest absolute Gasteiger partial charge is 0.270 e. The molecule has 0 amide bonds. The number of aromatic nitrogens is 4. The second-order valence-corrected chi connectivity index (χ2v) is 36.7. The topological polar surface area (TPSA) is 138 Å². The Morgan fingerprint density at radius 1 is 0.419 bits per heavy atom. The van der Waals surface area contributed by atoms with Crippen molar-refractivity contribution in [1.29, 1.82) is 10.5 Å². The second kappa shape index (κ2) is 31.7. The van der Waals surface area contributed by atoms with Gasteiger partial charge in [0.2, 0.25) is 0 Å². The van der Waals surface area contributed by atoms with Gasteiger partial charge >= 0.3 is 0 Å². The number of rotatable bonds is 26. The molecule has 0 atom stereocenters. The van der Waals surface area contributed by atoms with Crippen LogP contribution in [0.4, 0.5) is 17.6 Å². The zero-order valence-electron chi connectivity index (χ0n) is 65.4. The molecule has 0 unspecified atom stereocenters. The van der Waals surface area contributed by atoms with E-state index >= 15 is 17.6 Å². The number of Topliss-reactive ketones (excluding diaryl/α,β-unsaturated/α-hetero) is 2. The number of aryl methyl sites for hydroxylation is 4. The number of carbonyl (C=O) groups is 2. The highest BCUT2D eigenvalue weighted by Crippen LogP contribution is 2.69. The Labute approximate surface area is 701 Å². The summed E-state index contributed by atoms with van der Waals surface area (Å²) in [6.45, 7) is 18.7. The molecule has 8 aromatic carbocycles. The van der Waals surface area contributed by atoms with Gasteiger partial charge < -0.3 is 0 Å². The lowest BCUT2D eigenvalue weighted by atomic mass is 9.66. The molecule has 0 fully saturated rings. The van der Waals surface area contributed by atoms with Crippen LogP contribution >= 0.6 is 68.8 Å². The zero-order valence-corrected chi connectivity index (χ0v) is 70.3. The SMILES string of the molecule is [C-]#[N+]C(C#N)=C1/C(=C/c2cc3c(s2)-c2sc4c5nsnc5c5c6c7c(sc6c6nsnc6c5c4c2C3(c2ccc(CCCCCC)cc2)c2ccc(CCCCCC)cc2)-c2sc(/C=C3\C(=O)c4cc(F)c(F)cc4\C3=C(/C)C#N)cc2C7(c2ccc(CCCCCC)cc2)c2ccc(CCCCCC)cc2)C(=O)c2cc(F)c(F)cc21. The van der Waals surface area contributed by atoms with Crippen molar-refractivity contribution < 1.29 is 27.2 Å². The molecular weight excluding hydrogens is 1580 g/mol. The normalized spacial score (nSPS) is 15.8. The highest BCUT2D eigenvalue weighted by molar-refractivity contribution is 7.29. The van der Waals surface area contributed by atoms with Crippen LogP contribution < -0.4 is 0 Å². The number of allylic oxidation sites excluding steroid dienone is 6. The van der Waals surface area contributed by atoms with Crippen molar-refractivity contribution >= 4 is 157 Å². The summed E-state index contributed by atoms with van der Waals surface area (Å²) in [5.74, 6) is -5.79. The number of nitriles is 2. The van der Waals surface area contributed by atoms with Gasteiger partial charge in [-0.05, 0) is 185 Å². The number of halogens is 4. The molecule has 18 rings (SSSR count). The van der Waals surface area contributed by atoms with E-state index in [2.05, 4.69) is 148 Å². The van der Waals surface area contributed by atoms with Crippen molar-refractivity contribution in [1.82, 2.24) is 17.5 Å². The summed E-state index contributed by atoms with van der Waals surface area (Å²) in [5.41, 5.74) is 13.9. The van der Waals surface area contributed by atoms with Crippen LogP contribution in [-0.4, -0.2) is 29.1 Å². The second-order valence-electron chi connectivity index (χ2n) is 31.5. The van der Waals surface area contributed by atoms with Crippen molar-refractivity contribution in [3.8, 4) is 31.6 Å². The van der Waals surface area contributed by atoms with Crippen molar-refractivity contribution in [3.63, 3.8) is 0 Å². The quantitative estimate of drug-likeness (QED) is 0.0172. The molecule has 4 aliphatic carbocycles. The third-order valence-corrected chi connectivity index (χ3v) is 30.4. The first kappa shape index (κ1) is 77.7. The van der Waals surface area contributed by atoms with Gasteiger partial charge in [-0.2, -0.15) is 22.8 Å². The van der Waals surface area contributed by atoms with Gasteiger partial charge in [0.1, 0.15) is 22.1 Å². The van der Waals surface area contributed by atoms with Crippen molar-refractivity contribution in [3.05, 3.63) is 289 Å². The first-order valence-electron chi connectivity index (χ1n) is 40.7. The average Bonchev–Trinajstić information content (AvgIpc) is 1.49.